The van der Waals surface area contributed by atoms with Gasteiger partial charge in [0.2, 0.25) is 0 Å². The van der Waals surface area contributed by atoms with Crippen molar-refractivity contribution in [1.29, 1.82) is 0 Å². The third-order valence-corrected chi connectivity index (χ3v) is 5.68. The quantitative estimate of drug-likeness (QED) is 0.607. The number of aliphatic imine (C=N–C) groups is 1. The molecule has 6 nitrogen and oxygen atoms in total. The van der Waals surface area contributed by atoms with Gasteiger partial charge in [-0.2, -0.15) is 9.78 Å². The first kappa shape index (κ1) is 20.7. The fourth-order valence-corrected chi connectivity index (χ4v) is 3.88. The molecule has 0 amide bonds. The molecule has 0 aliphatic carbocycles. The molecule has 3 aromatic rings. The highest BCUT2D eigenvalue weighted by Crippen LogP contribution is 2.27. The predicted octanol–water partition coefficient (Wildman–Crippen LogP) is 4.73. The van der Waals surface area contributed by atoms with E-state index in [0.717, 1.165) is 29.9 Å². The Balaban J connectivity index is 1.83. The molecule has 0 unspecified atom stereocenters. The molecule has 0 radical (unpaired) electrons. The number of fused-ring (bicyclic) bond motifs is 1. The van der Waals surface area contributed by atoms with Crippen LogP contribution in [0.25, 0.3) is 11.3 Å². The van der Waals surface area contributed by atoms with Crippen LogP contribution in [0, 0.1) is 13.8 Å². The first-order chi connectivity index (χ1) is 14.9. The SMILES string of the molecule is CCN(CC)c1ccc(N=C2C(C)=Nn3c2nc(-c2ccccc2)c(C)c3=O)c(C)c1. The van der Waals surface area contributed by atoms with Crippen LogP contribution in [0.15, 0.2) is 63.4 Å². The summed E-state index contributed by atoms with van der Waals surface area (Å²) in [6, 6.07) is 16.0. The average molecular weight is 414 g/mol. The van der Waals surface area contributed by atoms with Crippen LogP contribution in [0.4, 0.5) is 11.4 Å². The van der Waals surface area contributed by atoms with E-state index in [1.165, 1.54) is 10.4 Å². The summed E-state index contributed by atoms with van der Waals surface area (Å²) in [5, 5.41) is 4.45. The fourth-order valence-electron chi connectivity index (χ4n) is 3.88. The van der Waals surface area contributed by atoms with E-state index < -0.39 is 0 Å². The topological polar surface area (TPSA) is 62.9 Å². The van der Waals surface area contributed by atoms with Gasteiger partial charge in [0.1, 0.15) is 5.71 Å². The summed E-state index contributed by atoms with van der Waals surface area (Å²) in [6.07, 6.45) is 0. The molecule has 2 aromatic carbocycles. The lowest BCUT2D eigenvalue weighted by atomic mass is 10.1. The van der Waals surface area contributed by atoms with Gasteiger partial charge in [-0.05, 0) is 58.4 Å². The minimum Gasteiger partial charge on any atom is -0.372 e. The summed E-state index contributed by atoms with van der Waals surface area (Å²) in [5.41, 5.74) is 6.40. The Morgan fingerprint density at radius 2 is 1.71 bits per heavy atom. The number of hydrogen-bond donors (Lipinski definition) is 0. The summed E-state index contributed by atoms with van der Waals surface area (Å²) < 4.78 is 1.37. The van der Waals surface area contributed by atoms with Gasteiger partial charge in [0.25, 0.3) is 5.56 Å². The van der Waals surface area contributed by atoms with Crippen molar-refractivity contribution in [2.45, 2.75) is 34.6 Å². The van der Waals surface area contributed by atoms with Gasteiger partial charge in [0, 0.05) is 29.9 Å². The lowest BCUT2D eigenvalue weighted by Gasteiger charge is -2.21. The Morgan fingerprint density at radius 3 is 2.35 bits per heavy atom. The molecule has 0 spiro atoms. The maximum Gasteiger partial charge on any atom is 0.278 e. The van der Waals surface area contributed by atoms with Gasteiger partial charge < -0.3 is 4.90 Å². The Morgan fingerprint density at radius 1 is 1.00 bits per heavy atom. The smallest absolute Gasteiger partial charge is 0.278 e. The predicted molar refractivity (Wildman–Crippen MR) is 128 cm³/mol. The van der Waals surface area contributed by atoms with Gasteiger partial charge in [-0.15, -0.1) is 0 Å². The van der Waals surface area contributed by atoms with Crippen molar-refractivity contribution >= 4 is 22.8 Å². The van der Waals surface area contributed by atoms with E-state index in [0.29, 0.717) is 28.5 Å². The van der Waals surface area contributed by atoms with Crippen molar-refractivity contribution in [1.82, 2.24) is 9.66 Å². The summed E-state index contributed by atoms with van der Waals surface area (Å²) in [6.45, 7) is 11.9. The molecule has 6 heteroatoms. The van der Waals surface area contributed by atoms with Gasteiger partial charge in [0.05, 0.1) is 17.1 Å². The highest BCUT2D eigenvalue weighted by atomic mass is 16.1. The molecule has 2 heterocycles. The zero-order chi connectivity index (χ0) is 22.1. The van der Waals surface area contributed by atoms with Crippen LogP contribution in [0.2, 0.25) is 0 Å². The van der Waals surface area contributed by atoms with Crippen LogP contribution in [-0.2, 0) is 0 Å². The largest absolute Gasteiger partial charge is 0.372 e. The van der Waals surface area contributed by atoms with Crippen molar-refractivity contribution in [3.05, 3.63) is 75.8 Å². The van der Waals surface area contributed by atoms with E-state index in [2.05, 4.69) is 42.9 Å². The number of aromatic nitrogens is 2. The first-order valence-corrected chi connectivity index (χ1v) is 10.6. The van der Waals surface area contributed by atoms with E-state index >= 15 is 0 Å². The number of anilines is 1. The molecule has 0 saturated carbocycles. The van der Waals surface area contributed by atoms with E-state index in [1.807, 2.05) is 43.3 Å². The highest BCUT2D eigenvalue weighted by Gasteiger charge is 2.26. The molecule has 0 fully saturated rings. The Hall–Kier alpha value is -3.54. The van der Waals surface area contributed by atoms with Crippen LogP contribution in [-0.4, -0.2) is 34.2 Å². The second-order valence-electron chi connectivity index (χ2n) is 7.68. The van der Waals surface area contributed by atoms with Crippen molar-refractivity contribution in [2.75, 3.05) is 18.0 Å². The zero-order valence-electron chi connectivity index (χ0n) is 18.7. The molecule has 1 aliphatic rings. The lowest BCUT2D eigenvalue weighted by Crippen LogP contribution is -2.24. The number of nitrogens with zero attached hydrogens (tertiary/aromatic N) is 5. The molecule has 0 N–H and O–H groups in total. The molecule has 0 saturated heterocycles. The van der Waals surface area contributed by atoms with Crippen LogP contribution >= 0.6 is 0 Å². The Bertz CT molecular complexity index is 1250. The number of hydrogen-bond acceptors (Lipinski definition) is 5. The van der Waals surface area contributed by atoms with Crippen LogP contribution in [0.5, 0.6) is 0 Å². The van der Waals surface area contributed by atoms with Crippen molar-refractivity contribution in [3.63, 3.8) is 0 Å². The average Bonchev–Trinajstić information content (AvgIpc) is 3.09. The summed E-state index contributed by atoms with van der Waals surface area (Å²) in [4.78, 5) is 25.0. The zero-order valence-corrected chi connectivity index (χ0v) is 18.7. The number of aryl methyl sites for hydroxylation is 1. The minimum absolute atomic E-state index is 0.165. The maximum atomic E-state index is 13.0. The molecule has 1 aliphatic heterocycles. The van der Waals surface area contributed by atoms with Crippen molar-refractivity contribution in [3.8, 4) is 11.3 Å². The molecule has 158 valence electrons. The molecule has 0 atom stereocenters. The molecular weight excluding hydrogens is 386 g/mol. The van der Waals surface area contributed by atoms with E-state index in [1.54, 1.807) is 6.92 Å². The van der Waals surface area contributed by atoms with Gasteiger partial charge in [-0.3, -0.25) is 4.79 Å². The van der Waals surface area contributed by atoms with Gasteiger partial charge >= 0.3 is 0 Å². The number of benzene rings is 2. The van der Waals surface area contributed by atoms with Crippen LogP contribution < -0.4 is 10.5 Å². The standard InChI is InChI=1S/C25H27N5O/c1-6-29(7-2)20-13-14-21(16(3)15-20)26-23-18(5)28-30-24(23)27-22(17(4)25(30)31)19-11-9-8-10-12-19/h8-15H,6-7H2,1-5H3. The molecule has 4 rings (SSSR count). The van der Waals surface area contributed by atoms with Gasteiger partial charge in [0.15, 0.2) is 5.82 Å². The van der Waals surface area contributed by atoms with E-state index in [4.69, 9.17) is 9.98 Å². The normalized spacial score (nSPS) is 14.0. The second-order valence-corrected chi connectivity index (χ2v) is 7.68. The molecule has 0 bridgehead atoms. The summed E-state index contributed by atoms with van der Waals surface area (Å²) in [7, 11) is 0. The summed E-state index contributed by atoms with van der Waals surface area (Å²) in [5.74, 6) is 0.485. The van der Waals surface area contributed by atoms with Crippen LogP contribution in [0.3, 0.4) is 0 Å². The number of rotatable bonds is 5. The minimum atomic E-state index is -0.165. The molecular formula is C25H27N5O. The fraction of sp³-hybridized carbons (Fsp3) is 0.280. The Labute approximate surface area is 182 Å². The van der Waals surface area contributed by atoms with Crippen LogP contribution in [0.1, 0.15) is 37.7 Å². The van der Waals surface area contributed by atoms with Crippen molar-refractivity contribution in [2.24, 2.45) is 10.1 Å². The molecule has 31 heavy (non-hydrogen) atoms. The third kappa shape index (κ3) is 3.69. The van der Waals surface area contributed by atoms with Gasteiger partial charge in [-0.25, -0.2) is 9.98 Å². The van der Waals surface area contributed by atoms with E-state index in [9.17, 15) is 4.79 Å². The first-order valence-electron chi connectivity index (χ1n) is 10.6. The van der Waals surface area contributed by atoms with E-state index in [-0.39, 0.29) is 5.56 Å². The third-order valence-electron chi connectivity index (χ3n) is 5.68. The Kier molecular flexibility index (Phi) is 5.55. The lowest BCUT2D eigenvalue weighted by molar-refractivity contribution is 0.792. The summed E-state index contributed by atoms with van der Waals surface area (Å²) >= 11 is 0. The monoisotopic (exact) mass is 413 g/mol. The maximum absolute atomic E-state index is 13.0. The molecule has 1 aromatic heterocycles. The van der Waals surface area contributed by atoms with Gasteiger partial charge in [-0.1, -0.05) is 30.3 Å². The second kappa shape index (κ2) is 8.30. The van der Waals surface area contributed by atoms with Crippen molar-refractivity contribution < 1.29 is 0 Å². The highest BCUT2D eigenvalue weighted by molar-refractivity contribution is 6.48.